The number of anilines is 1. The summed E-state index contributed by atoms with van der Waals surface area (Å²) >= 11 is 9.64. The van der Waals surface area contributed by atoms with Gasteiger partial charge >= 0.3 is 0 Å². The number of thioether (sulfide) groups is 2. The fourth-order valence-corrected chi connectivity index (χ4v) is 4.40. The van der Waals surface area contributed by atoms with E-state index in [1.165, 1.54) is 11.8 Å². The minimum absolute atomic E-state index is 0.0794. The van der Waals surface area contributed by atoms with Crippen LogP contribution in [0, 0.1) is 0 Å². The molecule has 142 valence electrons. The van der Waals surface area contributed by atoms with Crippen LogP contribution in [0.2, 0.25) is 0 Å². The number of thiazole rings is 1. The van der Waals surface area contributed by atoms with Crippen LogP contribution in [0.5, 0.6) is 0 Å². The first kappa shape index (κ1) is 21.4. The lowest BCUT2D eigenvalue weighted by molar-refractivity contribution is -0.113. The summed E-state index contributed by atoms with van der Waals surface area (Å²) in [6.07, 6.45) is 0. The second-order valence-electron chi connectivity index (χ2n) is 5.32. The van der Waals surface area contributed by atoms with Crippen molar-refractivity contribution in [2.24, 2.45) is 0 Å². The molecule has 0 unspecified atom stereocenters. The minimum Gasteiger partial charge on any atom is -0.382 e. The first-order valence-corrected chi connectivity index (χ1v) is 10.9. The van der Waals surface area contributed by atoms with Gasteiger partial charge in [-0.15, -0.1) is 11.3 Å². The van der Waals surface area contributed by atoms with E-state index in [1.807, 2.05) is 37.2 Å². The number of thiocarbonyl (C=S) groups is 1. The number of nitrogens with one attached hydrogen (secondary N) is 1. The number of rotatable bonds is 9. The van der Waals surface area contributed by atoms with Crippen molar-refractivity contribution in [3.05, 3.63) is 18.2 Å². The van der Waals surface area contributed by atoms with E-state index in [0.29, 0.717) is 23.5 Å². The number of hydrogen-bond acceptors (Lipinski definition) is 8. The molecule has 26 heavy (non-hydrogen) atoms. The second kappa shape index (κ2) is 11.1. The molecule has 1 N–H and O–H groups in total. The van der Waals surface area contributed by atoms with Crippen LogP contribution in [0.3, 0.4) is 0 Å². The molecule has 0 aliphatic rings. The molecule has 1 aromatic heterocycles. The van der Waals surface area contributed by atoms with Crippen LogP contribution in [0.15, 0.2) is 22.5 Å². The zero-order valence-corrected chi connectivity index (χ0v) is 18.1. The van der Waals surface area contributed by atoms with Crippen LogP contribution >= 0.6 is 47.1 Å². The van der Waals surface area contributed by atoms with Gasteiger partial charge in [0.25, 0.3) is 0 Å². The van der Waals surface area contributed by atoms with E-state index in [0.717, 1.165) is 20.2 Å². The normalized spacial score (nSPS) is 10.9. The molecule has 0 atom stereocenters. The predicted molar refractivity (Wildman–Crippen MR) is 116 cm³/mol. The van der Waals surface area contributed by atoms with E-state index in [-0.39, 0.29) is 11.7 Å². The minimum atomic E-state index is -0.0794. The average Bonchev–Trinajstić information content (AvgIpc) is 3.01. The molecule has 0 saturated carbocycles. The number of hydrogen-bond donors (Lipinski definition) is 1. The van der Waals surface area contributed by atoms with E-state index in [1.54, 1.807) is 30.2 Å². The Bertz CT molecular complexity index is 751. The summed E-state index contributed by atoms with van der Waals surface area (Å²) in [4.78, 5) is 18.4. The second-order valence-corrected chi connectivity index (χ2v) is 9.13. The highest BCUT2D eigenvalue weighted by Crippen LogP contribution is 2.31. The lowest BCUT2D eigenvalue weighted by atomic mass is 10.3. The van der Waals surface area contributed by atoms with Crippen molar-refractivity contribution in [1.82, 2.24) is 9.88 Å². The molecule has 2 rings (SSSR count). The Morgan fingerprint density at radius 2 is 2.19 bits per heavy atom. The fourth-order valence-electron chi connectivity index (χ4n) is 1.79. The third kappa shape index (κ3) is 7.01. The summed E-state index contributed by atoms with van der Waals surface area (Å²) in [5, 5.41) is 2.90. The molecular weight excluding hydrogens is 410 g/mol. The van der Waals surface area contributed by atoms with E-state index >= 15 is 0 Å². The van der Waals surface area contributed by atoms with E-state index < -0.39 is 0 Å². The maximum absolute atomic E-state index is 12.1. The van der Waals surface area contributed by atoms with Gasteiger partial charge in [0.2, 0.25) is 5.91 Å². The number of ether oxygens (including phenoxy) is 2. The van der Waals surface area contributed by atoms with Gasteiger partial charge in [-0.3, -0.25) is 4.79 Å². The Hall–Kier alpha value is -0.910. The quantitative estimate of drug-likeness (QED) is 0.280. The van der Waals surface area contributed by atoms with E-state index in [4.69, 9.17) is 21.7 Å². The molecular formula is C16H21N3O3S4. The Kier molecular flexibility index (Phi) is 9.09. The molecule has 0 aliphatic heterocycles. The van der Waals surface area contributed by atoms with Gasteiger partial charge < -0.3 is 19.7 Å². The fraction of sp³-hybridized carbons (Fsp3) is 0.438. The standard InChI is InChI=1S/C16H21N3O3S4/c1-19(2)16(23)24-9-14(20)17-11-4-5-12-13(8-11)26-15(18-12)25-10-22-7-6-21-3/h4-5,8H,6-7,9-10H2,1-3H3,(H,17,20). The van der Waals surface area contributed by atoms with Crippen molar-refractivity contribution in [3.8, 4) is 0 Å². The summed E-state index contributed by atoms with van der Waals surface area (Å²) in [6.45, 7) is 1.15. The molecule has 10 heteroatoms. The number of amides is 1. The van der Waals surface area contributed by atoms with Crippen LogP contribution in [-0.2, 0) is 14.3 Å². The monoisotopic (exact) mass is 431 g/mol. The van der Waals surface area contributed by atoms with Crippen molar-refractivity contribution in [2.75, 3.05) is 51.4 Å². The van der Waals surface area contributed by atoms with Crippen LogP contribution < -0.4 is 5.32 Å². The maximum atomic E-state index is 12.1. The van der Waals surface area contributed by atoms with E-state index in [9.17, 15) is 4.79 Å². The number of carbonyl (C=O) groups excluding carboxylic acids is 1. The van der Waals surface area contributed by atoms with Gasteiger partial charge in [0, 0.05) is 26.9 Å². The van der Waals surface area contributed by atoms with Crippen molar-refractivity contribution in [2.45, 2.75) is 4.34 Å². The smallest absolute Gasteiger partial charge is 0.234 e. The highest BCUT2D eigenvalue weighted by molar-refractivity contribution is 8.23. The summed E-state index contributed by atoms with van der Waals surface area (Å²) < 4.78 is 13.0. The molecule has 0 saturated heterocycles. The molecule has 0 bridgehead atoms. The number of carbonyl (C=O) groups is 1. The molecule has 6 nitrogen and oxygen atoms in total. The number of benzene rings is 1. The van der Waals surface area contributed by atoms with Crippen molar-refractivity contribution in [1.29, 1.82) is 0 Å². The maximum Gasteiger partial charge on any atom is 0.234 e. The van der Waals surface area contributed by atoms with Crippen molar-refractivity contribution >= 4 is 73.2 Å². The van der Waals surface area contributed by atoms with Gasteiger partial charge in [-0.25, -0.2) is 4.98 Å². The van der Waals surface area contributed by atoms with Gasteiger partial charge in [0.15, 0.2) is 4.34 Å². The number of aromatic nitrogens is 1. The SMILES string of the molecule is COCCOCSc1nc2ccc(NC(=O)CSC(=S)N(C)C)cc2s1. The number of fused-ring (bicyclic) bond motifs is 1. The number of methoxy groups -OCH3 is 1. The largest absolute Gasteiger partial charge is 0.382 e. The highest BCUT2D eigenvalue weighted by Gasteiger charge is 2.09. The third-order valence-corrected chi connectivity index (χ3v) is 6.82. The molecule has 1 aromatic carbocycles. The number of nitrogens with zero attached hydrogens (tertiary/aromatic N) is 2. The van der Waals surface area contributed by atoms with Crippen LogP contribution in [0.4, 0.5) is 5.69 Å². The molecule has 1 amide bonds. The van der Waals surface area contributed by atoms with E-state index in [2.05, 4.69) is 10.3 Å². The zero-order chi connectivity index (χ0) is 18.9. The van der Waals surface area contributed by atoms with Crippen LogP contribution in [0.25, 0.3) is 10.2 Å². The lowest BCUT2D eigenvalue weighted by Crippen LogP contribution is -2.20. The Balaban J connectivity index is 1.87. The van der Waals surface area contributed by atoms with Crippen LogP contribution in [0.1, 0.15) is 0 Å². The molecule has 0 spiro atoms. The average molecular weight is 432 g/mol. The van der Waals surface area contributed by atoms with Gasteiger partial charge in [-0.2, -0.15) is 0 Å². The molecule has 0 radical (unpaired) electrons. The van der Waals surface area contributed by atoms with Gasteiger partial charge in [-0.1, -0.05) is 35.7 Å². The summed E-state index contributed by atoms with van der Waals surface area (Å²) in [5.41, 5.74) is 1.67. The first-order chi connectivity index (χ1) is 12.5. The Morgan fingerprint density at radius 1 is 1.38 bits per heavy atom. The topological polar surface area (TPSA) is 63.7 Å². The molecule has 2 aromatic rings. The van der Waals surface area contributed by atoms with Gasteiger partial charge in [-0.05, 0) is 18.2 Å². The summed E-state index contributed by atoms with van der Waals surface area (Å²) in [5.74, 6) is 0.747. The van der Waals surface area contributed by atoms with Crippen LogP contribution in [-0.4, -0.2) is 66.2 Å². The molecule has 0 aliphatic carbocycles. The first-order valence-electron chi connectivity index (χ1n) is 7.73. The predicted octanol–water partition coefficient (Wildman–Crippen LogP) is 3.53. The Morgan fingerprint density at radius 3 is 2.92 bits per heavy atom. The summed E-state index contributed by atoms with van der Waals surface area (Å²) in [7, 11) is 5.38. The van der Waals surface area contributed by atoms with Gasteiger partial charge in [0.1, 0.15) is 4.32 Å². The van der Waals surface area contributed by atoms with Crippen molar-refractivity contribution in [3.63, 3.8) is 0 Å². The molecule has 0 fully saturated rings. The zero-order valence-electron chi connectivity index (χ0n) is 14.8. The van der Waals surface area contributed by atoms with Gasteiger partial charge in [0.05, 0.1) is 35.1 Å². The Labute approximate surface area is 171 Å². The van der Waals surface area contributed by atoms with Crippen molar-refractivity contribution < 1.29 is 14.3 Å². The summed E-state index contributed by atoms with van der Waals surface area (Å²) in [6, 6.07) is 5.71. The molecule has 1 heterocycles. The third-order valence-electron chi connectivity index (χ3n) is 3.04. The lowest BCUT2D eigenvalue weighted by Gasteiger charge is -2.12. The highest BCUT2D eigenvalue weighted by atomic mass is 32.2.